The van der Waals surface area contributed by atoms with Gasteiger partial charge in [-0.05, 0) is 28.1 Å². The molecule has 0 radical (unpaired) electrons. The molecule has 1 aliphatic rings. The average Bonchev–Trinajstić information content (AvgIpc) is 2.71. The lowest BCUT2D eigenvalue weighted by Gasteiger charge is -2.40. The largest absolute Gasteiger partial charge is 0.356 e. The Labute approximate surface area is 113 Å². The predicted molar refractivity (Wildman–Crippen MR) is 69.8 cm³/mol. The quantitative estimate of drug-likeness (QED) is 0.872. The van der Waals surface area contributed by atoms with Gasteiger partial charge in [0.15, 0.2) is 0 Å². The highest BCUT2D eigenvalue weighted by molar-refractivity contribution is 9.10. The van der Waals surface area contributed by atoms with E-state index in [1.807, 2.05) is 10.9 Å². The molecule has 2 aromatic rings. The summed E-state index contributed by atoms with van der Waals surface area (Å²) in [4.78, 5) is 6.21. The molecular formula is C12H12BrFN4. The summed E-state index contributed by atoms with van der Waals surface area (Å²) in [5.41, 5.74) is 0. The summed E-state index contributed by atoms with van der Waals surface area (Å²) in [6.07, 6.45) is 5.02. The van der Waals surface area contributed by atoms with Gasteiger partial charge in [0.05, 0.1) is 16.9 Å². The van der Waals surface area contributed by atoms with Crippen molar-refractivity contribution in [3.63, 3.8) is 0 Å². The predicted octanol–water partition coefficient (Wildman–Crippen LogP) is 2.32. The van der Waals surface area contributed by atoms with E-state index >= 15 is 0 Å². The molecule has 3 rings (SSSR count). The monoisotopic (exact) mass is 310 g/mol. The van der Waals surface area contributed by atoms with Crippen LogP contribution in [0.15, 0.2) is 35.2 Å². The minimum absolute atomic E-state index is 0.294. The maximum absolute atomic E-state index is 12.7. The summed E-state index contributed by atoms with van der Waals surface area (Å²) in [7, 11) is 0. The van der Waals surface area contributed by atoms with Gasteiger partial charge in [-0.25, -0.2) is 9.37 Å². The molecule has 1 fully saturated rings. The van der Waals surface area contributed by atoms with Crippen LogP contribution in [0.4, 0.5) is 10.2 Å². The molecule has 1 aliphatic heterocycles. The van der Waals surface area contributed by atoms with Gasteiger partial charge in [-0.2, -0.15) is 5.10 Å². The van der Waals surface area contributed by atoms with E-state index in [0.29, 0.717) is 5.92 Å². The number of anilines is 1. The molecule has 0 atom stereocenters. The van der Waals surface area contributed by atoms with Crippen LogP contribution >= 0.6 is 15.9 Å². The lowest BCUT2D eigenvalue weighted by Crippen LogP contribution is -2.49. The van der Waals surface area contributed by atoms with Crippen molar-refractivity contribution in [2.24, 2.45) is 5.92 Å². The lowest BCUT2D eigenvalue weighted by molar-refractivity contribution is 0.340. The van der Waals surface area contributed by atoms with E-state index < -0.39 is 0 Å². The Kier molecular flexibility index (Phi) is 3.03. The molecule has 18 heavy (non-hydrogen) atoms. The first-order chi connectivity index (χ1) is 8.70. The molecule has 0 N–H and O–H groups in total. The van der Waals surface area contributed by atoms with E-state index in [1.54, 1.807) is 12.3 Å². The molecule has 0 unspecified atom stereocenters. The van der Waals surface area contributed by atoms with E-state index in [1.165, 1.54) is 12.3 Å². The molecule has 0 bridgehead atoms. The zero-order valence-corrected chi connectivity index (χ0v) is 11.2. The Bertz CT molecular complexity index is 533. The van der Waals surface area contributed by atoms with Gasteiger partial charge < -0.3 is 4.90 Å². The van der Waals surface area contributed by atoms with Gasteiger partial charge in [0.25, 0.3) is 0 Å². The third kappa shape index (κ3) is 2.38. The smallest absolute Gasteiger partial charge is 0.141 e. The highest BCUT2D eigenvalue weighted by Crippen LogP contribution is 2.23. The number of aromatic nitrogens is 3. The minimum Gasteiger partial charge on any atom is -0.356 e. The summed E-state index contributed by atoms with van der Waals surface area (Å²) < 4.78 is 15.7. The maximum Gasteiger partial charge on any atom is 0.141 e. The van der Waals surface area contributed by atoms with Crippen molar-refractivity contribution in [3.05, 3.63) is 41.0 Å². The molecule has 0 saturated carbocycles. The fourth-order valence-corrected chi connectivity index (χ4v) is 2.46. The van der Waals surface area contributed by atoms with E-state index in [4.69, 9.17) is 0 Å². The number of nitrogens with zero attached hydrogens (tertiary/aromatic N) is 4. The Morgan fingerprint density at radius 1 is 1.33 bits per heavy atom. The molecule has 0 aliphatic carbocycles. The minimum atomic E-state index is -0.294. The molecule has 1 saturated heterocycles. The van der Waals surface area contributed by atoms with Gasteiger partial charge in [0.1, 0.15) is 11.6 Å². The van der Waals surface area contributed by atoms with Crippen LogP contribution in [0.5, 0.6) is 0 Å². The fraction of sp³-hybridized carbons (Fsp3) is 0.333. The van der Waals surface area contributed by atoms with Gasteiger partial charge in [-0.3, -0.25) is 4.68 Å². The lowest BCUT2D eigenvalue weighted by atomic mass is 10.0. The third-order valence-corrected chi connectivity index (χ3v) is 3.45. The summed E-state index contributed by atoms with van der Waals surface area (Å²) >= 11 is 3.38. The first kappa shape index (κ1) is 11.6. The molecule has 94 valence electrons. The van der Waals surface area contributed by atoms with E-state index in [0.717, 1.165) is 29.9 Å². The Hall–Kier alpha value is -1.43. The third-order valence-electron chi connectivity index (χ3n) is 3.04. The first-order valence-corrected chi connectivity index (χ1v) is 6.54. The van der Waals surface area contributed by atoms with Crippen molar-refractivity contribution < 1.29 is 4.39 Å². The van der Waals surface area contributed by atoms with Crippen LogP contribution in [-0.4, -0.2) is 27.9 Å². The van der Waals surface area contributed by atoms with Gasteiger partial charge >= 0.3 is 0 Å². The molecule has 2 aromatic heterocycles. The van der Waals surface area contributed by atoms with E-state index in [2.05, 4.69) is 30.9 Å². The number of hydrogen-bond donors (Lipinski definition) is 0. The Balaban J connectivity index is 1.55. The fourth-order valence-electron chi connectivity index (χ4n) is 2.13. The van der Waals surface area contributed by atoms with Crippen LogP contribution in [-0.2, 0) is 6.54 Å². The molecule has 4 nitrogen and oxygen atoms in total. The van der Waals surface area contributed by atoms with Crippen LogP contribution in [0.25, 0.3) is 0 Å². The van der Waals surface area contributed by atoms with Crippen molar-refractivity contribution in [2.45, 2.75) is 6.54 Å². The van der Waals surface area contributed by atoms with E-state index in [9.17, 15) is 4.39 Å². The number of pyridine rings is 1. The summed E-state index contributed by atoms with van der Waals surface area (Å²) in [5, 5.41) is 4.23. The molecule has 3 heterocycles. The van der Waals surface area contributed by atoms with Crippen molar-refractivity contribution in [1.29, 1.82) is 0 Å². The number of halogens is 2. The topological polar surface area (TPSA) is 34.0 Å². The normalized spacial score (nSPS) is 15.8. The molecular weight excluding hydrogens is 299 g/mol. The summed E-state index contributed by atoms with van der Waals surface area (Å²) in [6.45, 7) is 2.79. The van der Waals surface area contributed by atoms with Crippen molar-refractivity contribution in [1.82, 2.24) is 14.8 Å². The Morgan fingerprint density at radius 3 is 2.78 bits per heavy atom. The second-order valence-electron chi connectivity index (χ2n) is 4.49. The number of hydrogen-bond acceptors (Lipinski definition) is 3. The van der Waals surface area contributed by atoms with Gasteiger partial charge in [0, 0.05) is 31.7 Å². The van der Waals surface area contributed by atoms with Crippen molar-refractivity contribution in [2.75, 3.05) is 18.0 Å². The number of rotatable bonds is 3. The van der Waals surface area contributed by atoms with Gasteiger partial charge in [0.2, 0.25) is 0 Å². The standard InChI is InChI=1S/C12H12BrFN4/c13-10-3-16-18(8-10)7-9-5-17(6-9)12-2-1-11(14)4-15-12/h1-4,8-9H,5-7H2. The van der Waals surface area contributed by atoms with Crippen LogP contribution in [0.2, 0.25) is 0 Å². The highest BCUT2D eigenvalue weighted by Gasteiger charge is 2.28. The average molecular weight is 311 g/mol. The van der Waals surface area contributed by atoms with Crippen LogP contribution < -0.4 is 4.90 Å². The van der Waals surface area contributed by atoms with Crippen LogP contribution in [0, 0.1) is 11.7 Å². The van der Waals surface area contributed by atoms with Gasteiger partial charge in [-0.15, -0.1) is 0 Å². The van der Waals surface area contributed by atoms with Crippen molar-refractivity contribution in [3.8, 4) is 0 Å². The first-order valence-electron chi connectivity index (χ1n) is 5.75. The zero-order valence-electron chi connectivity index (χ0n) is 9.63. The molecule has 0 amide bonds. The molecule has 0 aromatic carbocycles. The van der Waals surface area contributed by atoms with Crippen LogP contribution in [0.3, 0.4) is 0 Å². The zero-order chi connectivity index (χ0) is 12.5. The second kappa shape index (κ2) is 4.68. The van der Waals surface area contributed by atoms with Crippen LogP contribution in [0.1, 0.15) is 0 Å². The second-order valence-corrected chi connectivity index (χ2v) is 5.40. The van der Waals surface area contributed by atoms with E-state index in [-0.39, 0.29) is 5.82 Å². The maximum atomic E-state index is 12.7. The summed E-state index contributed by atoms with van der Waals surface area (Å²) in [5.74, 6) is 1.12. The Morgan fingerprint density at radius 2 is 2.17 bits per heavy atom. The summed E-state index contributed by atoms with van der Waals surface area (Å²) in [6, 6.07) is 3.16. The van der Waals surface area contributed by atoms with Crippen molar-refractivity contribution >= 4 is 21.7 Å². The highest BCUT2D eigenvalue weighted by atomic mass is 79.9. The SMILES string of the molecule is Fc1ccc(N2CC(Cn3cc(Br)cn3)C2)nc1. The molecule has 0 spiro atoms. The molecule has 6 heteroatoms. The van der Waals surface area contributed by atoms with Gasteiger partial charge in [-0.1, -0.05) is 0 Å².